The van der Waals surface area contributed by atoms with Crippen molar-refractivity contribution in [2.45, 2.75) is 0 Å². The van der Waals surface area contributed by atoms with Crippen molar-refractivity contribution in [2.24, 2.45) is 5.10 Å². The Morgan fingerprint density at radius 3 is 2.79 bits per heavy atom. The number of benzene rings is 2. The highest BCUT2D eigenvalue weighted by Gasteiger charge is 2.23. The smallest absolute Gasteiger partial charge is 0.316 e. The van der Waals surface area contributed by atoms with E-state index in [4.69, 9.17) is 20.8 Å². The molecule has 0 N–H and O–H groups in total. The van der Waals surface area contributed by atoms with Gasteiger partial charge in [0.05, 0.1) is 29.8 Å². The van der Waals surface area contributed by atoms with Gasteiger partial charge in [0.1, 0.15) is 5.75 Å². The molecule has 2 heterocycles. The van der Waals surface area contributed by atoms with E-state index < -0.39 is 5.91 Å². The number of amides is 1. The van der Waals surface area contributed by atoms with Crippen molar-refractivity contribution < 1.29 is 13.9 Å². The minimum atomic E-state index is -0.417. The van der Waals surface area contributed by atoms with Gasteiger partial charge in [-0.1, -0.05) is 22.9 Å². The number of anilines is 1. The van der Waals surface area contributed by atoms with Gasteiger partial charge in [-0.05, 0) is 60.2 Å². The summed E-state index contributed by atoms with van der Waals surface area (Å²) in [5, 5.41) is 6.61. The Labute approximate surface area is 169 Å². The van der Waals surface area contributed by atoms with Gasteiger partial charge in [0.15, 0.2) is 5.76 Å². The number of fused-ring (bicyclic) bond motifs is 1. The number of aromatic nitrogens is 1. The minimum absolute atomic E-state index is 0.171. The van der Waals surface area contributed by atoms with Crippen LogP contribution in [0.2, 0.25) is 5.02 Å². The topological polar surface area (TPSA) is 67.9 Å². The fourth-order valence-electron chi connectivity index (χ4n) is 2.48. The normalized spacial score (nSPS) is 11.2. The Bertz CT molecular complexity index is 1140. The highest BCUT2D eigenvalue weighted by Crippen LogP contribution is 2.31. The van der Waals surface area contributed by atoms with E-state index in [0.29, 0.717) is 10.2 Å². The third kappa shape index (κ3) is 3.76. The van der Waals surface area contributed by atoms with E-state index in [-0.39, 0.29) is 5.76 Å². The third-order valence-corrected chi connectivity index (χ3v) is 5.11. The minimum Gasteiger partial charge on any atom is -0.497 e. The molecule has 28 heavy (non-hydrogen) atoms. The van der Waals surface area contributed by atoms with Gasteiger partial charge in [0, 0.05) is 5.02 Å². The van der Waals surface area contributed by atoms with E-state index in [0.717, 1.165) is 21.5 Å². The molecule has 1 amide bonds. The average Bonchev–Trinajstić information content (AvgIpc) is 3.38. The van der Waals surface area contributed by atoms with Crippen LogP contribution in [-0.4, -0.2) is 24.2 Å². The zero-order valence-electron chi connectivity index (χ0n) is 14.7. The van der Waals surface area contributed by atoms with Gasteiger partial charge in [-0.3, -0.25) is 4.79 Å². The Morgan fingerprint density at radius 2 is 2.07 bits per heavy atom. The largest absolute Gasteiger partial charge is 0.497 e. The molecule has 2 aromatic heterocycles. The molecule has 0 bridgehead atoms. The first-order valence-corrected chi connectivity index (χ1v) is 9.45. The fraction of sp³-hybridized carbons (Fsp3) is 0.0500. The lowest BCUT2D eigenvalue weighted by Crippen LogP contribution is -2.25. The first-order valence-electron chi connectivity index (χ1n) is 8.26. The summed E-state index contributed by atoms with van der Waals surface area (Å²) < 4.78 is 11.3. The van der Waals surface area contributed by atoms with Crippen molar-refractivity contribution in [3.05, 3.63) is 77.2 Å². The second-order valence-corrected chi connectivity index (χ2v) is 7.17. The predicted octanol–water partition coefficient (Wildman–Crippen LogP) is 5.23. The van der Waals surface area contributed by atoms with Crippen molar-refractivity contribution >= 4 is 50.4 Å². The molecule has 2 aromatic carbocycles. The highest BCUT2D eigenvalue weighted by atomic mass is 35.5. The molecule has 0 aliphatic rings. The number of furan rings is 1. The summed E-state index contributed by atoms with van der Waals surface area (Å²) in [5.41, 5.74) is 1.54. The number of carbonyl (C=O) groups is 1. The molecule has 0 aliphatic carbocycles. The Balaban J connectivity index is 1.72. The summed E-state index contributed by atoms with van der Waals surface area (Å²) in [4.78, 5) is 17.4. The SMILES string of the molecule is COc1ccc(/C=N/N(C(=O)c2ccco2)c2nc3ccc(Cl)cc3s2)cc1. The molecule has 0 radical (unpaired) electrons. The summed E-state index contributed by atoms with van der Waals surface area (Å²) in [6.45, 7) is 0. The van der Waals surface area contributed by atoms with Gasteiger partial charge in [-0.15, -0.1) is 0 Å². The van der Waals surface area contributed by atoms with Crippen LogP contribution in [0.25, 0.3) is 10.2 Å². The molecule has 0 unspecified atom stereocenters. The quantitative estimate of drug-likeness (QED) is 0.333. The molecule has 0 spiro atoms. The third-order valence-electron chi connectivity index (χ3n) is 3.88. The maximum Gasteiger partial charge on any atom is 0.316 e. The number of methoxy groups -OCH3 is 1. The van der Waals surface area contributed by atoms with Gasteiger partial charge >= 0.3 is 5.91 Å². The zero-order valence-corrected chi connectivity index (χ0v) is 16.3. The van der Waals surface area contributed by atoms with E-state index in [9.17, 15) is 4.79 Å². The first kappa shape index (κ1) is 18.2. The Kier molecular flexibility index (Phi) is 5.10. The summed E-state index contributed by atoms with van der Waals surface area (Å²) in [6, 6.07) is 15.9. The number of hydrogen-bond acceptors (Lipinski definition) is 6. The highest BCUT2D eigenvalue weighted by molar-refractivity contribution is 7.22. The molecule has 0 saturated carbocycles. The summed E-state index contributed by atoms with van der Waals surface area (Å²) in [5.74, 6) is 0.493. The van der Waals surface area contributed by atoms with Crippen LogP contribution in [0.3, 0.4) is 0 Å². The predicted molar refractivity (Wildman–Crippen MR) is 111 cm³/mol. The van der Waals surface area contributed by atoms with Crippen LogP contribution in [0.4, 0.5) is 5.13 Å². The summed E-state index contributed by atoms with van der Waals surface area (Å²) in [6.07, 6.45) is 3.02. The molecule has 0 aliphatic heterocycles. The Morgan fingerprint density at radius 1 is 1.25 bits per heavy atom. The molecule has 6 nitrogen and oxygen atoms in total. The van der Waals surface area contributed by atoms with Crippen LogP contribution in [-0.2, 0) is 0 Å². The number of hydrogen-bond donors (Lipinski definition) is 0. The van der Waals surface area contributed by atoms with Crippen molar-refractivity contribution in [2.75, 3.05) is 12.1 Å². The number of thiazole rings is 1. The van der Waals surface area contributed by atoms with Gasteiger partial charge in [0.25, 0.3) is 0 Å². The zero-order chi connectivity index (χ0) is 19.5. The molecule has 4 aromatic rings. The molecule has 140 valence electrons. The monoisotopic (exact) mass is 411 g/mol. The van der Waals surface area contributed by atoms with Crippen molar-refractivity contribution in [3.8, 4) is 5.75 Å². The van der Waals surface area contributed by atoms with Gasteiger partial charge in [-0.25, -0.2) is 4.98 Å². The second kappa shape index (κ2) is 7.84. The lowest BCUT2D eigenvalue weighted by molar-refractivity contribution is 0.0961. The van der Waals surface area contributed by atoms with E-state index >= 15 is 0 Å². The Hall–Kier alpha value is -3.16. The van der Waals surface area contributed by atoms with E-state index in [1.807, 2.05) is 24.3 Å². The van der Waals surface area contributed by atoms with Gasteiger partial charge < -0.3 is 9.15 Å². The lowest BCUT2D eigenvalue weighted by Gasteiger charge is -2.12. The van der Waals surface area contributed by atoms with E-state index in [1.165, 1.54) is 22.6 Å². The lowest BCUT2D eigenvalue weighted by atomic mass is 10.2. The molecule has 4 rings (SSSR count). The number of hydrazone groups is 1. The van der Waals surface area contributed by atoms with Crippen molar-refractivity contribution in [1.82, 2.24) is 4.98 Å². The summed E-state index contributed by atoms with van der Waals surface area (Å²) in [7, 11) is 1.60. The maximum atomic E-state index is 12.9. The van der Waals surface area contributed by atoms with Crippen LogP contribution in [0.5, 0.6) is 5.75 Å². The van der Waals surface area contributed by atoms with Crippen LogP contribution >= 0.6 is 22.9 Å². The van der Waals surface area contributed by atoms with Crippen molar-refractivity contribution in [1.29, 1.82) is 0 Å². The van der Waals surface area contributed by atoms with Crippen LogP contribution in [0.15, 0.2) is 70.4 Å². The average molecular weight is 412 g/mol. The first-order chi connectivity index (χ1) is 13.6. The van der Waals surface area contributed by atoms with E-state index in [2.05, 4.69) is 10.1 Å². The van der Waals surface area contributed by atoms with Crippen molar-refractivity contribution in [3.63, 3.8) is 0 Å². The van der Waals surface area contributed by atoms with Gasteiger partial charge in [0.2, 0.25) is 5.13 Å². The molecular weight excluding hydrogens is 398 g/mol. The van der Waals surface area contributed by atoms with E-state index in [1.54, 1.807) is 43.7 Å². The van der Waals surface area contributed by atoms with Gasteiger partial charge in [-0.2, -0.15) is 10.1 Å². The van der Waals surface area contributed by atoms with Crippen LogP contribution < -0.4 is 9.75 Å². The number of ether oxygens (including phenoxy) is 1. The van der Waals surface area contributed by atoms with Crippen LogP contribution in [0, 0.1) is 0 Å². The standard InChI is InChI=1S/C20H14ClN3O3S/c1-26-15-7-4-13(5-8-15)12-22-24(19(25)17-3-2-10-27-17)20-23-16-9-6-14(21)11-18(16)28-20/h2-12H,1H3/b22-12+. The number of halogens is 1. The molecule has 0 fully saturated rings. The number of carbonyl (C=O) groups excluding carboxylic acids is 1. The van der Waals surface area contributed by atoms with Crippen LogP contribution in [0.1, 0.15) is 16.1 Å². The fourth-order valence-corrected chi connectivity index (χ4v) is 3.68. The number of nitrogens with zero attached hydrogens (tertiary/aromatic N) is 3. The maximum absolute atomic E-state index is 12.9. The molecule has 0 atom stereocenters. The summed E-state index contributed by atoms with van der Waals surface area (Å²) >= 11 is 7.38. The second-order valence-electron chi connectivity index (χ2n) is 5.72. The molecule has 8 heteroatoms. The number of rotatable bonds is 5. The molecule has 0 saturated heterocycles. The molecular formula is C20H14ClN3O3S.